The van der Waals surface area contributed by atoms with Crippen LogP contribution in [-0.2, 0) is 0 Å². The molecule has 6 heteroatoms. The lowest BCUT2D eigenvalue weighted by Crippen LogP contribution is -2.06. The summed E-state index contributed by atoms with van der Waals surface area (Å²) in [5.74, 6) is -0.209. The Bertz CT molecular complexity index is 390. The molecule has 1 aromatic carbocycles. The molecule has 0 fully saturated rings. The summed E-state index contributed by atoms with van der Waals surface area (Å²) in [5.41, 5.74) is 5.44. The van der Waals surface area contributed by atoms with E-state index in [4.69, 9.17) is 11.0 Å². The van der Waals surface area contributed by atoms with Gasteiger partial charge < -0.3 is 10.5 Å². The number of nitrogens with two attached hydrogens (primary N) is 1. The third-order valence-corrected chi connectivity index (χ3v) is 2.10. The second kappa shape index (κ2) is 4.24. The van der Waals surface area contributed by atoms with Crippen molar-refractivity contribution in [1.82, 2.24) is 0 Å². The van der Waals surface area contributed by atoms with Crippen LogP contribution in [0, 0.1) is 11.3 Å². The summed E-state index contributed by atoms with van der Waals surface area (Å²) in [6, 6.07) is 4.60. The van der Waals surface area contributed by atoms with Gasteiger partial charge >= 0.3 is 6.61 Å². The highest BCUT2D eigenvalue weighted by Crippen LogP contribution is 2.34. The first-order chi connectivity index (χ1) is 6.56. The summed E-state index contributed by atoms with van der Waals surface area (Å²) < 4.78 is 28.3. The number of nitriles is 1. The Morgan fingerprint density at radius 3 is 2.64 bits per heavy atom. The first-order valence-electron chi connectivity index (χ1n) is 3.49. The molecular formula is C8H5BrF2N2O. The van der Waals surface area contributed by atoms with Crippen molar-refractivity contribution in [3.05, 3.63) is 22.2 Å². The van der Waals surface area contributed by atoms with Gasteiger partial charge in [0.25, 0.3) is 0 Å². The van der Waals surface area contributed by atoms with Crippen molar-refractivity contribution in [3.8, 4) is 11.8 Å². The Morgan fingerprint density at radius 2 is 2.14 bits per heavy atom. The molecule has 1 rings (SSSR count). The van der Waals surface area contributed by atoms with E-state index in [1.54, 1.807) is 6.07 Å². The Morgan fingerprint density at radius 1 is 1.50 bits per heavy atom. The van der Waals surface area contributed by atoms with Crippen LogP contribution in [-0.4, -0.2) is 6.61 Å². The molecule has 0 amide bonds. The van der Waals surface area contributed by atoms with Crippen molar-refractivity contribution in [1.29, 1.82) is 5.26 Å². The maximum atomic E-state index is 11.9. The van der Waals surface area contributed by atoms with E-state index < -0.39 is 6.61 Å². The van der Waals surface area contributed by atoms with Crippen LogP contribution in [0.4, 0.5) is 14.5 Å². The van der Waals surface area contributed by atoms with E-state index in [0.29, 0.717) is 0 Å². The second-order valence-corrected chi connectivity index (χ2v) is 3.18. The number of hydrogen-bond donors (Lipinski definition) is 1. The van der Waals surface area contributed by atoms with Crippen molar-refractivity contribution < 1.29 is 13.5 Å². The number of rotatable bonds is 2. The molecule has 0 bridgehead atoms. The molecule has 0 aliphatic rings. The number of nitrogen functional groups attached to an aromatic ring is 1. The van der Waals surface area contributed by atoms with Crippen LogP contribution < -0.4 is 10.5 Å². The Hall–Kier alpha value is -1.35. The van der Waals surface area contributed by atoms with Gasteiger partial charge in [-0.15, -0.1) is 0 Å². The van der Waals surface area contributed by atoms with Gasteiger partial charge in [-0.1, -0.05) is 0 Å². The maximum Gasteiger partial charge on any atom is 0.387 e. The van der Waals surface area contributed by atoms with Crippen LogP contribution in [0.15, 0.2) is 16.6 Å². The van der Waals surface area contributed by atoms with Gasteiger partial charge in [0, 0.05) is 0 Å². The summed E-state index contributed by atoms with van der Waals surface area (Å²) in [7, 11) is 0. The Kier molecular flexibility index (Phi) is 3.25. The van der Waals surface area contributed by atoms with E-state index in [9.17, 15) is 8.78 Å². The Labute approximate surface area is 87.2 Å². The highest BCUT2D eigenvalue weighted by Gasteiger charge is 2.14. The van der Waals surface area contributed by atoms with E-state index in [0.717, 1.165) is 0 Å². The van der Waals surface area contributed by atoms with Gasteiger partial charge in [0.2, 0.25) is 0 Å². The molecule has 0 saturated heterocycles. The molecule has 1 aromatic rings. The maximum absolute atomic E-state index is 11.9. The highest BCUT2D eigenvalue weighted by atomic mass is 79.9. The van der Waals surface area contributed by atoms with Crippen LogP contribution in [0.2, 0.25) is 0 Å². The molecule has 2 N–H and O–H groups in total. The van der Waals surface area contributed by atoms with Crippen LogP contribution in [0.5, 0.6) is 5.75 Å². The summed E-state index contributed by atoms with van der Waals surface area (Å²) in [5, 5.41) is 8.58. The van der Waals surface area contributed by atoms with E-state index in [2.05, 4.69) is 20.7 Å². The molecule has 0 aliphatic heterocycles. The number of anilines is 1. The number of nitrogens with zero attached hydrogens (tertiary/aromatic N) is 1. The number of alkyl halides is 2. The molecule has 3 nitrogen and oxygen atoms in total. The van der Waals surface area contributed by atoms with Gasteiger partial charge in [-0.3, -0.25) is 0 Å². The van der Waals surface area contributed by atoms with Gasteiger partial charge in [0.15, 0.2) is 5.75 Å². The van der Waals surface area contributed by atoms with Crippen molar-refractivity contribution in [2.45, 2.75) is 6.61 Å². The summed E-state index contributed by atoms with van der Waals surface area (Å²) in [6.07, 6.45) is 0. The normalized spacial score (nSPS) is 9.93. The SMILES string of the molecule is N#Cc1ccc(Br)c(OC(F)F)c1N. The van der Waals surface area contributed by atoms with Gasteiger partial charge in [-0.2, -0.15) is 14.0 Å². The zero-order valence-electron chi connectivity index (χ0n) is 6.80. The summed E-state index contributed by atoms with van der Waals surface area (Å²) >= 11 is 2.99. The van der Waals surface area contributed by atoms with Crippen molar-refractivity contribution in [2.24, 2.45) is 0 Å². The smallest absolute Gasteiger partial charge is 0.387 e. The predicted octanol–water partition coefficient (Wildman–Crippen LogP) is 2.50. The van der Waals surface area contributed by atoms with E-state index in [1.165, 1.54) is 12.1 Å². The third-order valence-electron chi connectivity index (χ3n) is 1.48. The second-order valence-electron chi connectivity index (χ2n) is 2.33. The lowest BCUT2D eigenvalue weighted by Gasteiger charge is -2.10. The van der Waals surface area contributed by atoms with Crippen LogP contribution >= 0.6 is 15.9 Å². The molecule has 14 heavy (non-hydrogen) atoms. The molecular weight excluding hydrogens is 258 g/mol. The predicted molar refractivity (Wildman–Crippen MR) is 49.9 cm³/mol. The largest absolute Gasteiger partial charge is 0.431 e. The molecule has 0 aliphatic carbocycles. The molecule has 0 atom stereocenters. The minimum atomic E-state index is -2.97. The Balaban J connectivity index is 3.20. The topological polar surface area (TPSA) is 59.0 Å². The lowest BCUT2D eigenvalue weighted by molar-refractivity contribution is -0.0498. The van der Waals surface area contributed by atoms with Crippen LogP contribution in [0.3, 0.4) is 0 Å². The van der Waals surface area contributed by atoms with Gasteiger partial charge in [-0.25, -0.2) is 0 Å². The van der Waals surface area contributed by atoms with Crippen molar-refractivity contribution >= 4 is 21.6 Å². The summed E-state index contributed by atoms with van der Waals surface area (Å²) in [6.45, 7) is -2.97. The first kappa shape index (κ1) is 10.7. The molecule has 0 aromatic heterocycles. The monoisotopic (exact) mass is 262 g/mol. The third kappa shape index (κ3) is 2.12. The fourth-order valence-corrected chi connectivity index (χ4v) is 1.32. The minimum Gasteiger partial charge on any atom is -0.431 e. The zero-order chi connectivity index (χ0) is 10.7. The van der Waals surface area contributed by atoms with Crippen LogP contribution in [0.1, 0.15) is 5.56 Å². The number of halogens is 3. The van der Waals surface area contributed by atoms with Crippen molar-refractivity contribution in [2.75, 3.05) is 5.73 Å². The minimum absolute atomic E-state index is 0.0952. The quantitative estimate of drug-likeness (QED) is 0.834. The lowest BCUT2D eigenvalue weighted by atomic mass is 10.2. The number of benzene rings is 1. The molecule has 0 unspecified atom stereocenters. The fraction of sp³-hybridized carbons (Fsp3) is 0.125. The van der Waals surface area contributed by atoms with E-state index in [-0.39, 0.29) is 21.5 Å². The highest BCUT2D eigenvalue weighted by molar-refractivity contribution is 9.10. The molecule has 74 valence electrons. The molecule has 0 saturated carbocycles. The van der Waals surface area contributed by atoms with Gasteiger partial charge in [0.1, 0.15) is 6.07 Å². The number of hydrogen-bond acceptors (Lipinski definition) is 3. The zero-order valence-corrected chi connectivity index (χ0v) is 8.38. The molecule has 0 spiro atoms. The average Bonchev–Trinajstić information content (AvgIpc) is 2.12. The summed E-state index contributed by atoms with van der Waals surface area (Å²) in [4.78, 5) is 0. The fourth-order valence-electron chi connectivity index (χ4n) is 0.879. The van der Waals surface area contributed by atoms with E-state index in [1.807, 2.05) is 0 Å². The number of ether oxygens (including phenoxy) is 1. The van der Waals surface area contributed by atoms with E-state index >= 15 is 0 Å². The molecule has 0 radical (unpaired) electrons. The van der Waals surface area contributed by atoms with Crippen LogP contribution in [0.25, 0.3) is 0 Å². The standard InChI is InChI=1S/C8H5BrF2N2O/c9-5-2-1-4(3-12)6(13)7(5)14-8(10)11/h1-2,8H,13H2. The van der Waals surface area contributed by atoms with Gasteiger partial charge in [-0.05, 0) is 28.1 Å². The average molecular weight is 263 g/mol. The first-order valence-corrected chi connectivity index (χ1v) is 4.28. The molecule has 0 heterocycles. The van der Waals surface area contributed by atoms with Crippen molar-refractivity contribution in [3.63, 3.8) is 0 Å². The van der Waals surface area contributed by atoms with Gasteiger partial charge in [0.05, 0.1) is 15.7 Å².